The van der Waals surface area contributed by atoms with Crippen LogP contribution in [-0.2, 0) is 0 Å². The van der Waals surface area contributed by atoms with Crippen LogP contribution in [0.5, 0.6) is 5.75 Å². The van der Waals surface area contributed by atoms with E-state index in [0.29, 0.717) is 6.54 Å². The molecule has 1 aliphatic heterocycles. The lowest BCUT2D eigenvalue weighted by molar-refractivity contribution is -0.142. The van der Waals surface area contributed by atoms with Crippen LogP contribution < -0.4 is 10.1 Å². The Morgan fingerprint density at radius 1 is 1.25 bits per heavy atom. The molecule has 1 N–H and O–H groups in total. The average Bonchev–Trinajstić information content (AvgIpc) is 2.61. The van der Waals surface area contributed by atoms with Crippen molar-refractivity contribution < 1.29 is 17.9 Å². The van der Waals surface area contributed by atoms with Gasteiger partial charge in [0.1, 0.15) is 11.9 Å². The number of ether oxygens (including phenoxy) is 1. The fourth-order valence-electron chi connectivity index (χ4n) is 3.01. The van der Waals surface area contributed by atoms with Gasteiger partial charge in [-0.2, -0.15) is 13.2 Å². The number of aliphatic imine (C=N–C) groups is 1. The molecule has 1 aromatic rings. The number of nitrogens with one attached hydrogen (secondary N) is 1. The molecule has 1 aromatic carbocycles. The molecule has 0 atom stereocenters. The Morgan fingerprint density at radius 2 is 1.89 bits per heavy atom. The fourth-order valence-corrected chi connectivity index (χ4v) is 3.01. The molecule has 1 fully saturated rings. The van der Waals surface area contributed by atoms with Gasteiger partial charge in [-0.1, -0.05) is 18.2 Å². The number of benzene rings is 1. The number of guanidine groups is 1. The SMILES string of the molecule is CCNC(=NCCN(C)CC(F)(F)F)N1CCC(Oc2ccccc2)CC1.I. The minimum atomic E-state index is -4.18. The first-order valence-electron chi connectivity index (χ1n) is 9.37. The number of nitrogens with zero attached hydrogens (tertiary/aromatic N) is 3. The molecule has 0 amide bonds. The molecule has 0 aliphatic carbocycles. The molecule has 0 unspecified atom stereocenters. The van der Waals surface area contributed by atoms with Crippen LogP contribution in [0, 0.1) is 0 Å². The molecule has 5 nitrogen and oxygen atoms in total. The second-order valence-corrected chi connectivity index (χ2v) is 6.71. The van der Waals surface area contributed by atoms with E-state index >= 15 is 0 Å². The Bertz CT molecular complexity index is 578. The van der Waals surface area contributed by atoms with E-state index in [1.807, 2.05) is 37.3 Å². The Hall–Kier alpha value is -1.23. The number of halogens is 4. The van der Waals surface area contributed by atoms with Crippen LogP contribution in [0.2, 0.25) is 0 Å². The van der Waals surface area contributed by atoms with Crippen LogP contribution in [0.15, 0.2) is 35.3 Å². The zero-order valence-electron chi connectivity index (χ0n) is 16.4. The topological polar surface area (TPSA) is 40.1 Å². The number of rotatable bonds is 7. The van der Waals surface area contributed by atoms with Gasteiger partial charge < -0.3 is 15.0 Å². The van der Waals surface area contributed by atoms with Gasteiger partial charge in [-0.25, -0.2) is 0 Å². The maximum absolute atomic E-state index is 12.4. The number of likely N-dealkylation sites (tertiary alicyclic amines) is 1. The monoisotopic (exact) mass is 514 g/mol. The van der Waals surface area contributed by atoms with Crippen molar-refractivity contribution in [1.29, 1.82) is 0 Å². The van der Waals surface area contributed by atoms with Gasteiger partial charge in [-0.3, -0.25) is 9.89 Å². The molecule has 2 rings (SSSR count). The molecule has 1 aliphatic rings. The quantitative estimate of drug-likeness (QED) is 0.343. The summed E-state index contributed by atoms with van der Waals surface area (Å²) in [6.45, 7) is 4.00. The molecule has 0 bridgehead atoms. The lowest BCUT2D eigenvalue weighted by atomic mass is 10.1. The van der Waals surface area contributed by atoms with Crippen molar-refractivity contribution in [1.82, 2.24) is 15.1 Å². The third kappa shape index (κ3) is 9.31. The van der Waals surface area contributed by atoms with Crippen LogP contribution >= 0.6 is 24.0 Å². The first kappa shape index (κ1) is 24.8. The fraction of sp³-hybridized carbons (Fsp3) is 0.632. The van der Waals surface area contributed by atoms with Gasteiger partial charge in [-0.15, -0.1) is 24.0 Å². The van der Waals surface area contributed by atoms with Crippen LogP contribution in [0.3, 0.4) is 0 Å². The lowest BCUT2D eigenvalue weighted by Gasteiger charge is -2.34. The number of likely N-dealkylation sites (N-methyl/N-ethyl adjacent to an activating group) is 1. The van der Waals surface area contributed by atoms with Crippen molar-refractivity contribution in [3.8, 4) is 5.75 Å². The van der Waals surface area contributed by atoms with Crippen LogP contribution in [0.1, 0.15) is 19.8 Å². The van der Waals surface area contributed by atoms with Gasteiger partial charge in [0.2, 0.25) is 0 Å². The first-order chi connectivity index (χ1) is 12.9. The highest BCUT2D eigenvalue weighted by atomic mass is 127. The number of para-hydroxylation sites is 1. The summed E-state index contributed by atoms with van der Waals surface area (Å²) in [6, 6.07) is 9.78. The van der Waals surface area contributed by atoms with Crippen LogP contribution in [0.25, 0.3) is 0 Å². The maximum atomic E-state index is 12.4. The standard InChI is InChI=1S/C19H29F3N4O.HI/c1-3-23-18(24-11-14-25(2)15-19(20,21)22)26-12-9-17(10-13-26)27-16-7-5-4-6-8-16;/h4-8,17H,3,9-15H2,1-2H3,(H,23,24);1H. The second kappa shape index (κ2) is 12.4. The first-order valence-corrected chi connectivity index (χ1v) is 9.37. The van der Waals surface area contributed by atoms with E-state index in [2.05, 4.69) is 15.2 Å². The Morgan fingerprint density at radius 3 is 2.46 bits per heavy atom. The summed E-state index contributed by atoms with van der Waals surface area (Å²) in [5.41, 5.74) is 0. The van der Waals surface area contributed by atoms with E-state index in [1.54, 1.807) is 0 Å². The Labute approximate surface area is 182 Å². The molecular weight excluding hydrogens is 484 g/mol. The zero-order chi connectivity index (χ0) is 19.7. The van der Waals surface area contributed by atoms with Crippen molar-refractivity contribution in [2.24, 2.45) is 4.99 Å². The Kier molecular flexibility index (Phi) is 10.9. The predicted molar refractivity (Wildman–Crippen MR) is 117 cm³/mol. The lowest BCUT2D eigenvalue weighted by Crippen LogP contribution is -2.47. The van der Waals surface area contributed by atoms with E-state index in [4.69, 9.17) is 4.74 Å². The summed E-state index contributed by atoms with van der Waals surface area (Å²) in [4.78, 5) is 7.89. The summed E-state index contributed by atoms with van der Waals surface area (Å²) >= 11 is 0. The molecule has 9 heteroatoms. The minimum Gasteiger partial charge on any atom is -0.490 e. The van der Waals surface area contributed by atoms with Crippen LogP contribution in [0.4, 0.5) is 13.2 Å². The zero-order valence-corrected chi connectivity index (χ0v) is 18.7. The van der Waals surface area contributed by atoms with Gasteiger partial charge in [0.25, 0.3) is 0 Å². The maximum Gasteiger partial charge on any atom is 0.401 e. The summed E-state index contributed by atoms with van der Waals surface area (Å²) in [7, 11) is 1.46. The smallest absolute Gasteiger partial charge is 0.401 e. The van der Waals surface area contributed by atoms with Gasteiger partial charge in [0.15, 0.2) is 5.96 Å². The molecule has 28 heavy (non-hydrogen) atoms. The molecule has 1 saturated heterocycles. The number of piperidine rings is 1. The molecular formula is C19H30F3IN4O. The number of alkyl halides is 3. The van der Waals surface area contributed by atoms with E-state index in [-0.39, 0.29) is 36.6 Å². The summed E-state index contributed by atoms with van der Waals surface area (Å²) in [6.07, 6.45) is -2.24. The largest absolute Gasteiger partial charge is 0.490 e. The summed E-state index contributed by atoms with van der Waals surface area (Å²) < 4.78 is 43.2. The molecule has 0 spiro atoms. The van der Waals surface area contributed by atoms with Gasteiger partial charge in [-0.05, 0) is 26.1 Å². The van der Waals surface area contributed by atoms with Gasteiger partial charge >= 0.3 is 6.18 Å². The Balaban J connectivity index is 0.00000392. The van der Waals surface area contributed by atoms with Crippen molar-refractivity contribution in [3.05, 3.63) is 30.3 Å². The van der Waals surface area contributed by atoms with Gasteiger partial charge in [0.05, 0.1) is 13.1 Å². The van der Waals surface area contributed by atoms with Crippen LogP contribution in [-0.4, -0.2) is 74.4 Å². The molecule has 0 saturated carbocycles. The molecule has 0 aromatic heterocycles. The van der Waals surface area contributed by atoms with Gasteiger partial charge in [0, 0.05) is 39.0 Å². The highest BCUT2D eigenvalue weighted by Gasteiger charge is 2.29. The number of hydrogen-bond donors (Lipinski definition) is 1. The third-order valence-corrected chi connectivity index (χ3v) is 4.31. The van der Waals surface area contributed by atoms with Crippen molar-refractivity contribution in [2.75, 3.05) is 46.3 Å². The average molecular weight is 514 g/mol. The summed E-state index contributed by atoms with van der Waals surface area (Å²) in [5.74, 6) is 1.64. The van der Waals surface area contributed by atoms with E-state index in [1.165, 1.54) is 11.9 Å². The molecule has 1 heterocycles. The molecule has 160 valence electrons. The second-order valence-electron chi connectivity index (χ2n) is 6.71. The van der Waals surface area contributed by atoms with E-state index < -0.39 is 12.7 Å². The van der Waals surface area contributed by atoms with E-state index in [9.17, 15) is 13.2 Å². The highest BCUT2D eigenvalue weighted by molar-refractivity contribution is 14.0. The van der Waals surface area contributed by atoms with Crippen molar-refractivity contribution in [3.63, 3.8) is 0 Å². The predicted octanol–water partition coefficient (Wildman–Crippen LogP) is 3.61. The number of hydrogen-bond acceptors (Lipinski definition) is 3. The van der Waals surface area contributed by atoms with E-state index in [0.717, 1.165) is 44.2 Å². The third-order valence-electron chi connectivity index (χ3n) is 4.31. The summed E-state index contributed by atoms with van der Waals surface area (Å²) in [5, 5.41) is 3.23. The normalized spacial score (nSPS) is 16.1. The van der Waals surface area contributed by atoms with Crippen molar-refractivity contribution >= 4 is 29.9 Å². The highest BCUT2D eigenvalue weighted by Crippen LogP contribution is 2.19. The van der Waals surface area contributed by atoms with Crippen molar-refractivity contribution in [2.45, 2.75) is 32.0 Å². The minimum absolute atomic E-state index is 0. The molecule has 0 radical (unpaired) electrons.